The van der Waals surface area contributed by atoms with Gasteiger partial charge in [-0.15, -0.1) is 11.3 Å². The van der Waals surface area contributed by atoms with Crippen LogP contribution in [0.5, 0.6) is 0 Å². The third kappa shape index (κ3) is 1.60. The Kier molecular flexibility index (Phi) is 1.90. The summed E-state index contributed by atoms with van der Waals surface area (Å²) < 4.78 is 5.28. The number of hydrogen-bond acceptors (Lipinski definition) is 3. The zero-order valence-electron chi connectivity index (χ0n) is 6.12. The van der Waals surface area contributed by atoms with E-state index in [2.05, 4.69) is 22.5 Å². The van der Waals surface area contributed by atoms with Gasteiger partial charge in [0.05, 0.1) is 13.0 Å². The lowest BCUT2D eigenvalue weighted by molar-refractivity contribution is 0.341. The summed E-state index contributed by atoms with van der Waals surface area (Å²) in [4.78, 5) is 5.54. The maximum Gasteiger partial charge on any atom is 0.188 e. The van der Waals surface area contributed by atoms with Gasteiger partial charge in [-0.05, 0) is 11.4 Å². The molecule has 2 nitrogen and oxygen atoms in total. The summed E-state index contributed by atoms with van der Waals surface area (Å²) in [6.07, 6.45) is 0.873. The van der Waals surface area contributed by atoms with E-state index >= 15 is 0 Å². The molecule has 0 aliphatic carbocycles. The fourth-order valence-corrected chi connectivity index (χ4v) is 1.74. The van der Waals surface area contributed by atoms with Crippen LogP contribution in [0.3, 0.4) is 0 Å². The first-order valence-corrected chi connectivity index (χ1v) is 4.51. The molecule has 1 aromatic rings. The molecule has 1 aromatic heterocycles. The Hall–Kier alpha value is -0.830. The molecule has 0 fully saturated rings. The van der Waals surface area contributed by atoms with Crippen molar-refractivity contribution in [2.75, 3.05) is 13.2 Å². The second-order valence-corrected chi connectivity index (χ2v) is 3.41. The van der Waals surface area contributed by atoms with Gasteiger partial charge in [-0.1, -0.05) is 6.07 Å². The van der Waals surface area contributed by atoms with Crippen molar-refractivity contribution in [3.8, 4) is 0 Å². The SMILES string of the molecule is c1csc(CC2=NCCO2)c1. The van der Waals surface area contributed by atoms with Crippen molar-refractivity contribution < 1.29 is 4.74 Å². The Morgan fingerprint density at radius 1 is 1.64 bits per heavy atom. The molecule has 2 rings (SSSR count). The predicted octanol–water partition coefficient (Wildman–Crippen LogP) is 1.72. The number of aliphatic imine (C=N–C) groups is 1. The van der Waals surface area contributed by atoms with Gasteiger partial charge in [-0.25, -0.2) is 0 Å². The van der Waals surface area contributed by atoms with E-state index in [0.29, 0.717) is 0 Å². The molecule has 1 aliphatic rings. The highest BCUT2D eigenvalue weighted by Gasteiger charge is 2.07. The van der Waals surface area contributed by atoms with Crippen molar-refractivity contribution in [1.29, 1.82) is 0 Å². The molecule has 0 spiro atoms. The van der Waals surface area contributed by atoms with Crippen LogP contribution in [0, 0.1) is 0 Å². The third-order valence-electron chi connectivity index (χ3n) is 1.55. The normalized spacial score (nSPS) is 16.2. The van der Waals surface area contributed by atoms with Crippen molar-refractivity contribution in [3.05, 3.63) is 22.4 Å². The van der Waals surface area contributed by atoms with Crippen molar-refractivity contribution in [2.45, 2.75) is 6.42 Å². The van der Waals surface area contributed by atoms with Crippen LogP contribution in [-0.2, 0) is 11.2 Å². The van der Waals surface area contributed by atoms with Gasteiger partial charge < -0.3 is 4.74 Å². The van der Waals surface area contributed by atoms with E-state index in [1.807, 2.05) is 0 Å². The smallest absolute Gasteiger partial charge is 0.188 e. The molecule has 0 N–H and O–H groups in total. The molecule has 0 atom stereocenters. The third-order valence-corrected chi connectivity index (χ3v) is 2.43. The largest absolute Gasteiger partial charge is 0.479 e. The molecule has 11 heavy (non-hydrogen) atoms. The van der Waals surface area contributed by atoms with Crippen LogP contribution < -0.4 is 0 Å². The van der Waals surface area contributed by atoms with Crippen LogP contribution in [0.15, 0.2) is 22.5 Å². The molecule has 0 saturated carbocycles. The maximum atomic E-state index is 5.28. The van der Waals surface area contributed by atoms with Gasteiger partial charge in [0.2, 0.25) is 0 Å². The molecule has 2 heterocycles. The van der Waals surface area contributed by atoms with Crippen LogP contribution in [0.4, 0.5) is 0 Å². The minimum atomic E-state index is 0.765. The number of hydrogen-bond donors (Lipinski definition) is 0. The zero-order chi connectivity index (χ0) is 7.52. The maximum absolute atomic E-state index is 5.28. The summed E-state index contributed by atoms with van der Waals surface area (Å²) in [7, 11) is 0. The van der Waals surface area contributed by atoms with E-state index < -0.39 is 0 Å². The molecule has 0 aromatic carbocycles. The highest BCUT2D eigenvalue weighted by molar-refractivity contribution is 7.10. The second-order valence-electron chi connectivity index (χ2n) is 2.38. The van der Waals surface area contributed by atoms with Gasteiger partial charge in [0.15, 0.2) is 5.90 Å². The molecule has 3 heteroatoms. The molecule has 0 radical (unpaired) electrons. The van der Waals surface area contributed by atoms with E-state index in [1.165, 1.54) is 4.88 Å². The van der Waals surface area contributed by atoms with E-state index in [-0.39, 0.29) is 0 Å². The Morgan fingerprint density at radius 2 is 2.64 bits per heavy atom. The Bertz CT molecular complexity index is 253. The van der Waals surface area contributed by atoms with Gasteiger partial charge in [0.25, 0.3) is 0 Å². The predicted molar refractivity (Wildman–Crippen MR) is 46.3 cm³/mol. The lowest BCUT2D eigenvalue weighted by atomic mass is 10.3. The summed E-state index contributed by atoms with van der Waals surface area (Å²) in [6.45, 7) is 1.60. The lowest BCUT2D eigenvalue weighted by Gasteiger charge is -1.96. The molecular weight excluding hydrogens is 158 g/mol. The quantitative estimate of drug-likeness (QED) is 0.657. The first-order valence-electron chi connectivity index (χ1n) is 3.63. The van der Waals surface area contributed by atoms with Crippen molar-refractivity contribution in [2.24, 2.45) is 4.99 Å². The average molecular weight is 167 g/mol. The fourth-order valence-electron chi connectivity index (χ4n) is 1.05. The molecule has 0 bridgehead atoms. The van der Waals surface area contributed by atoms with Crippen LogP contribution in [0.2, 0.25) is 0 Å². The van der Waals surface area contributed by atoms with E-state index in [4.69, 9.17) is 4.74 Å². The molecule has 0 amide bonds. The highest BCUT2D eigenvalue weighted by atomic mass is 32.1. The Balaban J connectivity index is 2.00. The summed E-state index contributed by atoms with van der Waals surface area (Å²) >= 11 is 1.75. The first kappa shape index (κ1) is 6.85. The van der Waals surface area contributed by atoms with Crippen molar-refractivity contribution >= 4 is 17.2 Å². The van der Waals surface area contributed by atoms with E-state index in [0.717, 1.165) is 25.5 Å². The van der Waals surface area contributed by atoms with Crippen molar-refractivity contribution in [3.63, 3.8) is 0 Å². The van der Waals surface area contributed by atoms with Gasteiger partial charge >= 0.3 is 0 Å². The summed E-state index contributed by atoms with van der Waals surface area (Å²) in [6, 6.07) is 4.16. The Morgan fingerprint density at radius 3 is 3.27 bits per heavy atom. The van der Waals surface area contributed by atoms with Crippen LogP contribution in [-0.4, -0.2) is 19.0 Å². The first-order chi connectivity index (χ1) is 5.45. The van der Waals surface area contributed by atoms with Gasteiger partial charge in [0, 0.05) is 4.88 Å². The summed E-state index contributed by atoms with van der Waals surface area (Å²) in [5, 5.41) is 2.07. The molecule has 1 aliphatic heterocycles. The zero-order valence-corrected chi connectivity index (χ0v) is 6.93. The van der Waals surface area contributed by atoms with E-state index in [1.54, 1.807) is 11.3 Å². The van der Waals surface area contributed by atoms with Crippen LogP contribution in [0.1, 0.15) is 4.88 Å². The topological polar surface area (TPSA) is 21.6 Å². The van der Waals surface area contributed by atoms with Gasteiger partial charge in [0.1, 0.15) is 6.61 Å². The molecule has 58 valence electrons. The summed E-state index contributed by atoms with van der Waals surface area (Å²) in [5.74, 6) is 0.896. The molecule has 0 unspecified atom stereocenters. The number of thiophene rings is 1. The number of ether oxygens (including phenoxy) is 1. The van der Waals surface area contributed by atoms with Gasteiger partial charge in [-0.2, -0.15) is 0 Å². The lowest BCUT2D eigenvalue weighted by Crippen LogP contribution is -2.01. The molecule has 0 saturated heterocycles. The Labute approximate surface area is 69.5 Å². The minimum Gasteiger partial charge on any atom is -0.479 e. The fraction of sp³-hybridized carbons (Fsp3) is 0.375. The summed E-state index contributed by atoms with van der Waals surface area (Å²) in [5.41, 5.74) is 0. The van der Waals surface area contributed by atoms with Crippen molar-refractivity contribution in [1.82, 2.24) is 0 Å². The average Bonchev–Trinajstić information content (AvgIpc) is 2.60. The van der Waals surface area contributed by atoms with Crippen LogP contribution in [0.25, 0.3) is 0 Å². The number of nitrogens with zero attached hydrogens (tertiary/aromatic N) is 1. The van der Waals surface area contributed by atoms with Gasteiger partial charge in [-0.3, -0.25) is 4.99 Å². The standard InChI is InChI=1S/C8H9NOS/c1-2-7(11-5-1)6-8-9-3-4-10-8/h1-2,5H,3-4,6H2. The van der Waals surface area contributed by atoms with Crippen LogP contribution >= 0.6 is 11.3 Å². The monoisotopic (exact) mass is 167 g/mol. The van der Waals surface area contributed by atoms with E-state index in [9.17, 15) is 0 Å². The second kappa shape index (κ2) is 3.05. The number of rotatable bonds is 2. The highest BCUT2D eigenvalue weighted by Crippen LogP contribution is 2.11. The minimum absolute atomic E-state index is 0.765. The molecular formula is C8H9NOS.